The van der Waals surface area contributed by atoms with Gasteiger partial charge in [0.2, 0.25) is 5.91 Å². The molecule has 1 aromatic carbocycles. The summed E-state index contributed by atoms with van der Waals surface area (Å²) in [5.41, 5.74) is 1.14. The summed E-state index contributed by atoms with van der Waals surface area (Å²) in [5, 5.41) is 5.01. The fourth-order valence-corrected chi connectivity index (χ4v) is 4.99. The molecule has 7 nitrogen and oxygen atoms in total. The Morgan fingerprint density at radius 2 is 2.03 bits per heavy atom. The van der Waals surface area contributed by atoms with Gasteiger partial charge in [-0.2, -0.15) is 0 Å². The summed E-state index contributed by atoms with van der Waals surface area (Å²) < 4.78 is 11.4. The zero-order valence-corrected chi connectivity index (χ0v) is 19.7. The molecule has 1 aromatic heterocycles. The second kappa shape index (κ2) is 9.81. The highest BCUT2D eigenvalue weighted by molar-refractivity contribution is 7.10. The molecule has 0 bridgehead atoms. The highest BCUT2D eigenvalue weighted by Crippen LogP contribution is 2.35. The summed E-state index contributed by atoms with van der Waals surface area (Å²) in [4.78, 5) is 31.0. The first kappa shape index (κ1) is 22.5. The van der Waals surface area contributed by atoms with Crippen molar-refractivity contribution in [3.8, 4) is 11.5 Å². The molecule has 0 saturated heterocycles. The minimum absolute atomic E-state index is 0.0335. The molecule has 8 heteroatoms. The van der Waals surface area contributed by atoms with Crippen molar-refractivity contribution < 1.29 is 19.1 Å². The Morgan fingerprint density at radius 1 is 1.25 bits per heavy atom. The molecule has 1 aliphatic heterocycles. The van der Waals surface area contributed by atoms with Crippen LogP contribution in [0.5, 0.6) is 11.5 Å². The topological polar surface area (TPSA) is 71.1 Å². The first-order valence-electron chi connectivity index (χ1n) is 11.2. The lowest BCUT2D eigenvalue weighted by molar-refractivity contribution is -0.135. The van der Waals surface area contributed by atoms with E-state index in [0.29, 0.717) is 18.9 Å². The van der Waals surface area contributed by atoms with Crippen LogP contribution in [-0.2, 0) is 11.2 Å². The number of rotatable bonds is 8. The van der Waals surface area contributed by atoms with Crippen LogP contribution in [0, 0.1) is 0 Å². The molecule has 1 aliphatic carbocycles. The van der Waals surface area contributed by atoms with Crippen LogP contribution in [0.3, 0.4) is 0 Å². The number of fused-ring (bicyclic) bond motifs is 1. The summed E-state index contributed by atoms with van der Waals surface area (Å²) in [6, 6.07) is 9.42. The van der Waals surface area contributed by atoms with Gasteiger partial charge in [-0.1, -0.05) is 6.07 Å². The molecule has 1 saturated carbocycles. The minimum Gasteiger partial charge on any atom is -0.497 e. The summed E-state index contributed by atoms with van der Waals surface area (Å²) in [5.74, 6) is 1.40. The summed E-state index contributed by atoms with van der Waals surface area (Å²) >= 11 is 1.72. The molecule has 4 rings (SSSR count). The van der Waals surface area contributed by atoms with E-state index in [1.54, 1.807) is 23.3 Å². The maximum atomic E-state index is 13.4. The average molecular weight is 458 g/mol. The standard InChI is InChI=1S/C24H31N3O4S/c1-16(2)25-24(29)27(17-7-8-17)14-23(28)26-11-9-22-20(10-12-32-22)21(26)15-31-19-6-4-5-18(13-19)30-3/h4-6,10,12-13,16-17,21H,7-9,11,14-15H2,1-3H3,(H,25,29)/t21-/m1/s1. The number of carbonyl (C=O) groups is 2. The highest BCUT2D eigenvalue weighted by Gasteiger charge is 2.38. The van der Waals surface area contributed by atoms with E-state index in [-0.39, 0.29) is 36.6 Å². The predicted octanol–water partition coefficient (Wildman–Crippen LogP) is 3.84. The number of urea groups is 1. The fourth-order valence-electron chi connectivity index (χ4n) is 4.06. The first-order valence-corrected chi connectivity index (χ1v) is 12.0. The molecule has 1 atom stereocenters. The Hall–Kier alpha value is -2.74. The summed E-state index contributed by atoms with van der Waals surface area (Å²) in [7, 11) is 1.62. The van der Waals surface area contributed by atoms with E-state index in [1.807, 2.05) is 43.0 Å². The van der Waals surface area contributed by atoms with Crippen LogP contribution >= 0.6 is 11.3 Å². The average Bonchev–Trinajstić information content (AvgIpc) is 3.50. The van der Waals surface area contributed by atoms with E-state index in [2.05, 4.69) is 16.8 Å². The SMILES string of the molecule is COc1cccc(OC[C@@H]2c3ccsc3CCN2C(=O)CN(C(=O)NC(C)C)C2CC2)c1. The van der Waals surface area contributed by atoms with Gasteiger partial charge >= 0.3 is 6.03 Å². The quantitative estimate of drug-likeness (QED) is 0.654. The van der Waals surface area contributed by atoms with Gasteiger partial charge in [0, 0.05) is 29.6 Å². The fraction of sp³-hybridized carbons (Fsp3) is 0.500. The van der Waals surface area contributed by atoms with Gasteiger partial charge in [-0.3, -0.25) is 4.79 Å². The number of thiophene rings is 1. The maximum Gasteiger partial charge on any atom is 0.318 e. The number of nitrogens with one attached hydrogen (secondary N) is 1. The van der Waals surface area contributed by atoms with Gasteiger partial charge in [-0.05, 0) is 62.3 Å². The number of hydrogen-bond donors (Lipinski definition) is 1. The third-order valence-electron chi connectivity index (χ3n) is 5.83. The minimum atomic E-state index is -0.182. The van der Waals surface area contributed by atoms with Crippen molar-refractivity contribution >= 4 is 23.3 Å². The predicted molar refractivity (Wildman–Crippen MR) is 124 cm³/mol. The van der Waals surface area contributed by atoms with E-state index >= 15 is 0 Å². The second-order valence-corrected chi connectivity index (χ2v) is 9.61. The van der Waals surface area contributed by atoms with Crippen molar-refractivity contribution in [2.75, 3.05) is 26.8 Å². The van der Waals surface area contributed by atoms with Crippen molar-refractivity contribution in [3.05, 3.63) is 46.2 Å². The number of hydrogen-bond acceptors (Lipinski definition) is 5. The third-order valence-corrected chi connectivity index (χ3v) is 6.83. The van der Waals surface area contributed by atoms with Gasteiger partial charge in [0.25, 0.3) is 0 Å². The molecule has 172 valence electrons. The zero-order valence-electron chi connectivity index (χ0n) is 18.9. The number of nitrogens with zero attached hydrogens (tertiary/aromatic N) is 2. The van der Waals surface area contributed by atoms with E-state index < -0.39 is 0 Å². The summed E-state index contributed by atoms with van der Waals surface area (Å²) in [6.45, 7) is 4.93. The Bertz CT molecular complexity index is 956. The zero-order chi connectivity index (χ0) is 22.7. The monoisotopic (exact) mass is 457 g/mol. The number of amides is 3. The molecule has 0 radical (unpaired) electrons. The number of ether oxygens (including phenoxy) is 2. The Labute approximate surface area is 193 Å². The van der Waals surface area contributed by atoms with Crippen LogP contribution in [-0.4, -0.2) is 60.6 Å². The lowest BCUT2D eigenvalue weighted by Crippen LogP contribution is -2.51. The summed E-state index contributed by atoms with van der Waals surface area (Å²) in [6.07, 6.45) is 2.74. The van der Waals surface area contributed by atoms with Crippen molar-refractivity contribution in [2.24, 2.45) is 0 Å². The van der Waals surface area contributed by atoms with Gasteiger partial charge < -0.3 is 24.6 Å². The lowest BCUT2D eigenvalue weighted by Gasteiger charge is -2.37. The van der Waals surface area contributed by atoms with Crippen LogP contribution < -0.4 is 14.8 Å². The largest absolute Gasteiger partial charge is 0.497 e. The van der Waals surface area contributed by atoms with Crippen molar-refractivity contribution in [1.29, 1.82) is 0 Å². The molecule has 2 aromatic rings. The van der Waals surface area contributed by atoms with Crippen molar-refractivity contribution in [3.63, 3.8) is 0 Å². The van der Waals surface area contributed by atoms with Crippen LogP contribution in [0.1, 0.15) is 43.2 Å². The molecule has 0 spiro atoms. The Balaban J connectivity index is 1.49. The third kappa shape index (κ3) is 5.18. The van der Waals surface area contributed by atoms with E-state index in [4.69, 9.17) is 9.47 Å². The van der Waals surface area contributed by atoms with Crippen molar-refractivity contribution in [2.45, 2.75) is 51.2 Å². The smallest absolute Gasteiger partial charge is 0.318 e. The number of methoxy groups -OCH3 is 1. The van der Waals surface area contributed by atoms with Gasteiger partial charge in [-0.15, -0.1) is 11.3 Å². The van der Waals surface area contributed by atoms with Crippen LogP contribution in [0.2, 0.25) is 0 Å². The molecule has 2 heterocycles. The maximum absolute atomic E-state index is 13.4. The normalized spacial score (nSPS) is 17.6. The van der Waals surface area contributed by atoms with Crippen LogP contribution in [0.25, 0.3) is 0 Å². The second-order valence-electron chi connectivity index (χ2n) is 8.61. The van der Waals surface area contributed by atoms with Gasteiger partial charge in [0.15, 0.2) is 0 Å². The van der Waals surface area contributed by atoms with Crippen molar-refractivity contribution in [1.82, 2.24) is 15.1 Å². The molecule has 1 N–H and O–H groups in total. The molecule has 2 aliphatic rings. The number of benzene rings is 1. The van der Waals surface area contributed by atoms with E-state index in [9.17, 15) is 9.59 Å². The van der Waals surface area contributed by atoms with Gasteiger partial charge in [-0.25, -0.2) is 4.79 Å². The molecular weight excluding hydrogens is 426 g/mol. The molecule has 32 heavy (non-hydrogen) atoms. The highest BCUT2D eigenvalue weighted by atomic mass is 32.1. The van der Waals surface area contributed by atoms with Gasteiger partial charge in [0.1, 0.15) is 24.7 Å². The van der Waals surface area contributed by atoms with E-state index in [0.717, 1.165) is 30.6 Å². The van der Waals surface area contributed by atoms with E-state index in [1.165, 1.54) is 4.88 Å². The molecular formula is C24H31N3O4S. The molecule has 1 fully saturated rings. The Kier molecular flexibility index (Phi) is 6.89. The van der Waals surface area contributed by atoms with Crippen LogP contribution in [0.15, 0.2) is 35.7 Å². The molecule has 3 amide bonds. The molecule has 0 unspecified atom stereocenters. The number of carbonyl (C=O) groups excluding carboxylic acids is 2. The first-order chi connectivity index (χ1) is 15.5. The lowest BCUT2D eigenvalue weighted by atomic mass is 10.0. The van der Waals surface area contributed by atoms with Crippen LogP contribution in [0.4, 0.5) is 4.79 Å². The van der Waals surface area contributed by atoms with Gasteiger partial charge in [0.05, 0.1) is 13.2 Å². The Morgan fingerprint density at radius 3 is 2.75 bits per heavy atom.